The van der Waals surface area contributed by atoms with Crippen molar-refractivity contribution in [3.63, 3.8) is 0 Å². The molecule has 10 rings (SSSR count). The molecule has 0 bridgehead atoms. The van der Waals surface area contributed by atoms with Gasteiger partial charge < -0.3 is 18.6 Å². The third-order valence-corrected chi connectivity index (χ3v) is 14.0. The van der Waals surface area contributed by atoms with Gasteiger partial charge in [0.05, 0.1) is 31.6 Å². The number of fused-ring (bicyclic) bond motifs is 5. The van der Waals surface area contributed by atoms with Crippen LogP contribution in [0.5, 0.6) is 0 Å². The molecule has 0 aliphatic carbocycles. The first-order valence-electron chi connectivity index (χ1n) is 19.2. The molecule has 4 aromatic heterocycles. The molecule has 10 heteroatoms. The van der Waals surface area contributed by atoms with Gasteiger partial charge in [-0.05, 0) is 105 Å². The van der Waals surface area contributed by atoms with Crippen LogP contribution in [0.4, 0.5) is 11.4 Å². The fourth-order valence-electron chi connectivity index (χ4n) is 8.89. The van der Waals surface area contributed by atoms with E-state index in [0.29, 0.717) is 32.3 Å². The van der Waals surface area contributed by atoms with Gasteiger partial charge in [0.25, 0.3) is 0 Å². The van der Waals surface area contributed by atoms with Crippen molar-refractivity contribution < 1.29 is 8.83 Å². The van der Waals surface area contributed by atoms with Crippen molar-refractivity contribution in [3.8, 4) is 21.1 Å². The quantitative estimate of drug-likeness (QED) is 0.148. The first-order chi connectivity index (χ1) is 26.7. The van der Waals surface area contributed by atoms with Gasteiger partial charge in [-0.1, -0.05) is 32.0 Å². The van der Waals surface area contributed by atoms with Crippen molar-refractivity contribution >= 4 is 76.4 Å². The Labute approximate surface area is 325 Å². The lowest BCUT2D eigenvalue weighted by molar-refractivity contribution is 0.400. The second-order valence-electron chi connectivity index (χ2n) is 15.4. The van der Waals surface area contributed by atoms with Crippen molar-refractivity contribution in [2.75, 3.05) is 36.0 Å². The number of hydrogen-bond acceptors (Lipinski definition) is 10. The molecular weight excluding hydrogens is 725 g/mol. The van der Waals surface area contributed by atoms with Crippen molar-refractivity contribution in [2.24, 2.45) is 0 Å². The summed E-state index contributed by atoms with van der Waals surface area (Å²) in [5, 5.41) is 3.17. The maximum absolute atomic E-state index is 13.6. The lowest BCUT2D eigenvalue weighted by atomic mass is 9.69. The van der Waals surface area contributed by atoms with Crippen LogP contribution in [0.15, 0.2) is 97.3 Å². The standard InChI is InChI=1S/C45H40N4O4S2/c1-5-48(6-2)29-13-12-27-20-30(43(50)52-35(27)23-29)42-47-34-19-26(11-14-37(34)55-42)24-45(4)16-18-49-17-15-25(3)38-39(49)32(45)22-28-21-31(44(51)53-40(28)38)41-46-33-9-7-8-10-36(33)54-41/h7-14,19-23,25H,5-6,15-18,24H2,1-4H3/t25-,45+/m0/s1. The predicted molar refractivity (Wildman–Crippen MR) is 227 cm³/mol. The summed E-state index contributed by atoms with van der Waals surface area (Å²) >= 11 is 3.04. The molecule has 0 N–H and O–H groups in total. The van der Waals surface area contributed by atoms with Gasteiger partial charge in [0, 0.05) is 65.4 Å². The molecule has 2 aliphatic rings. The average molecular weight is 765 g/mol. The summed E-state index contributed by atoms with van der Waals surface area (Å²) in [6, 6.07) is 26.8. The van der Waals surface area contributed by atoms with Crippen LogP contribution in [0, 0.1) is 0 Å². The van der Waals surface area contributed by atoms with E-state index in [0.717, 1.165) is 87.9 Å². The molecule has 2 aliphatic heterocycles. The zero-order valence-electron chi connectivity index (χ0n) is 31.3. The molecule has 0 fully saturated rings. The molecule has 4 aromatic carbocycles. The smallest absolute Gasteiger partial charge is 0.346 e. The highest BCUT2D eigenvalue weighted by Crippen LogP contribution is 2.51. The molecule has 8 nitrogen and oxygen atoms in total. The number of nitrogens with zero attached hydrogens (tertiary/aromatic N) is 4. The average Bonchev–Trinajstić information content (AvgIpc) is 3.81. The highest BCUT2D eigenvalue weighted by molar-refractivity contribution is 7.22. The summed E-state index contributed by atoms with van der Waals surface area (Å²) in [7, 11) is 0. The molecule has 0 spiro atoms. The van der Waals surface area contributed by atoms with Crippen LogP contribution in [0.3, 0.4) is 0 Å². The first-order valence-corrected chi connectivity index (χ1v) is 20.8. The highest BCUT2D eigenvalue weighted by Gasteiger charge is 2.41. The maximum Gasteiger partial charge on any atom is 0.346 e. The molecule has 55 heavy (non-hydrogen) atoms. The highest BCUT2D eigenvalue weighted by atomic mass is 32.1. The Morgan fingerprint density at radius 1 is 0.818 bits per heavy atom. The molecule has 8 aromatic rings. The van der Waals surface area contributed by atoms with Crippen molar-refractivity contribution in [2.45, 2.75) is 58.3 Å². The van der Waals surface area contributed by atoms with Crippen LogP contribution in [0.2, 0.25) is 0 Å². The molecule has 0 radical (unpaired) electrons. The van der Waals surface area contributed by atoms with E-state index in [2.05, 4.69) is 67.8 Å². The van der Waals surface area contributed by atoms with Crippen molar-refractivity contribution in [3.05, 3.63) is 116 Å². The predicted octanol–water partition coefficient (Wildman–Crippen LogP) is 10.5. The number of thiazole rings is 2. The zero-order valence-corrected chi connectivity index (χ0v) is 32.9. The fraction of sp³-hybridized carbons (Fsp3) is 0.289. The van der Waals surface area contributed by atoms with Gasteiger partial charge in [0.1, 0.15) is 21.2 Å². The van der Waals surface area contributed by atoms with Crippen LogP contribution < -0.4 is 21.1 Å². The van der Waals surface area contributed by atoms with E-state index in [1.807, 2.05) is 48.5 Å². The molecule has 0 saturated carbocycles. The normalized spacial score (nSPS) is 18.1. The molecule has 0 saturated heterocycles. The number of anilines is 2. The monoisotopic (exact) mass is 764 g/mol. The lowest BCUT2D eigenvalue weighted by Crippen LogP contribution is -2.43. The summed E-state index contributed by atoms with van der Waals surface area (Å²) in [5.41, 5.74) is 9.08. The second kappa shape index (κ2) is 12.9. The van der Waals surface area contributed by atoms with Gasteiger partial charge in [-0.25, -0.2) is 19.6 Å². The van der Waals surface area contributed by atoms with E-state index in [1.165, 1.54) is 39.5 Å². The number of benzene rings is 4. The number of rotatable bonds is 7. The Kier molecular flexibility index (Phi) is 8.01. The minimum Gasteiger partial charge on any atom is -0.422 e. The van der Waals surface area contributed by atoms with E-state index >= 15 is 0 Å². The molecule has 276 valence electrons. The third-order valence-electron chi connectivity index (χ3n) is 11.9. The van der Waals surface area contributed by atoms with Crippen LogP contribution in [0.1, 0.15) is 63.1 Å². The summed E-state index contributed by atoms with van der Waals surface area (Å²) in [6.07, 6.45) is 2.83. The first kappa shape index (κ1) is 34.2. The van der Waals surface area contributed by atoms with Crippen LogP contribution in [0.25, 0.3) is 63.5 Å². The van der Waals surface area contributed by atoms with E-state index in [9.17, 15) is 9.59 Å². The van der Waals surface area contributed by atoms with Crippen molar-refractivity contribution in [1.82, 2.24) is 9.97 Å². The van der Waals surface area contributed by atoms with E-state index in [4.69, 9.17) is 18.8 Å². The summed E-state index contributed by atoms with van der Waals surface area (Å²) in [5.74, 6) is 0.259. The largest absolute Gasteiger partial charge is 0.422 e. The Bertz CT molecular complexity index is 2920. The van der Waals surface area contributed by atoms with Gasteiger partial charge in [-0.15, -0.1) is 22.7 Å². The van der Waals surface area contributed by atoms with Gasteiger partial charge >= 0.3 is 11.3 Å². The molecule has 0 unspecified atom stereocenters. The minimum absolute atomic E-state index is 0.173. The molecule has 2 atom stereocenters. The Morgan fingerprint density at radius 3 is 2.33 bits per heavy atom. The summed E-state index contributed by atoms with van der Waals surface area (Å²) in [6.45, 7) is 12.6. The summed E-state index contributed by atoms with van der Waals surface area (Å²) in [4.78, 5) is 41.5. The van der Waals surface area contributed by atoms with Crippen LogP contribution >= 0.6 is 22.7 Å². The van der Waals surface area contributed by atoms with Crippen LogP contribution in [-0.2, 0) is 11.8 Å². The Morgan fingerprint density at radius 2 is 1.55 bits per heavy atom. The van der Waals surface area contributed by atoms with Gasteiger partial charge in [0.15, 0.2) is 0 Å². The third kappa shape index (κ3) is 5.60. The van der Waals surface area contributed by atoms with E-state index < -0.39 is 0 Å². The fourth-order valence-corrected chi connectivity index (χ4v) is 10.8. The number of aromatic nitrogens is 2. The second-order valence-corrected chi connectivity index (χ2v) is 17.4. The SMILES string of the molecule is CCN(CC)c1ccc2cc(-c3nc4cc(C[C@@]5(C)CCN6CC[C@H](C)c7c6c5cc5cc(-c6nc8ccccc8s6)c(=O)oc75)ccc4s3)c(=O)oc2c1. The summed E-state index contributed by atoms with van der Waals surface area (Å²) < 4.78 is 14.2. The molecular formula is C45H40N4O4S2. The topological polar surface area (TPSA) is 92.7 Å². The van der Waals surface area contributed by atoms with E-state index in [-0.39, 0.29) is 22.6 Å². The number of hydrogen-bond donors (Lipinski definition) is 0. The molecule has 0 amide bonds. The van der Waals surface area contributed by atoms with E-state index in [1.54, 1.807) is 0 Å². The minimum atomic E-state index is -0.375. The van der Waals surface area contributed by atoms with Gasteiger partial charge in [0.2, 0.25) is 0 Å². The Hall–Kier alpha value is -5.32. The zero-order chi connectivity index (χ0) is 37.6. The van der Waals surface area contributed by atoms with Gasteiger partial charge in [-0.3, -0.25) is 0 Å². The number of para-hydroxylation sites is 1. The van der Waals surface area contributed by atoms with Gasteiger partial charge in [-0.2, -0.15) is 0 Å². The van der Waals surface area contributed by atoms with Crippen molar-refractivity contribution in [1.29, 1.82) is 0 Å². The lowest BCUT2D eigenvalue weighted by Gasteiger charge is -2.46. The van der Waals surface area contributed by atoms with Crippen LogP contribution in [-0.4, -0.2) is 36.1 Å². The maximum atomic E-state index is 13.6. The Balaban J connectivity index is 1.03. The molecule has 6 heterocycles.